The van der Waals surface area contributed by atoms with E-state index in [4.69, 9.17) is 11.6 Å². The minimum Gasteiger partial charge on any atom is -0.353 e. The van der Waals surface area contributed by atoms with Gasteiger partial charge in [-0.25, -0.2) is 9.37 Å². The van der Waals surface area contributed by atoms with Gasteiger partial charge < -0.3 is 4.90 Å². The highest BCUT2D eigenvalue weighted by Gasteiger charge is 2.67. The van der Waals surface area contributed by atoms with Crippen molar-refractivity contribution in [1.82, 2.24) is 24.6 Å². The number of fused-ring (bicyclic) bond motifs is 3. The van der Waals surface area contributed by atoms with Crippen molar-refractivity contribution in [1.29, 1.82) is 0 Å². The zero-order chi connectivity index (χ0) is 28.2. The highest BCUT2D eigenvalue weighted by atomic mass is 35.5. The molecule has 2 aliphatic carbocycles. The van der Waals surface area contributed by atoms with Gasteiger partial charge in [0.15, 0.2) is 17.5 Å². The summed E-state index contributed by atoms with van der Waals surface area (Å²) in [6.07, 6.45) is -7.73. The molecule has 0 bridgehead atoms. The van der Waals surface area contributed by atoms with Crippen LogP contribution in [0.15, 0.2) is 30.3 Å². The van der Waals surface area contributed by atoms with Crippen molar-refractivity contribution in [2.45, 2.75) is 62.6 Å². The van der Waals surface area contributed by atoms with Crippen LogP contribution in [0.2, 0.25) is 5.02 Å². The molecule has 6 nitrogen and oxygen atoms in total. The van der Waals surface area contributed by atoms with E-state index in [2.05, 4.69) is 15.2 Å². The maximum atomic E-state index is 14.3. The molecule has 0 unspecified atom stereocenters. The standard InChI is InChI=1S/C26H22ClF7N6/c27-16-1-3-18-14(7-16)10-39(24(5-6-24)26(32,33)34)11-20-36-37-21(40(18)20)15-8-23(9-15)12-38(13-23)22-17(28)2-4-19(35-22)25(29,30)31/h1-4,7,15H,5-6,8-13H2. The number of nitrogens with zero attached hydrogens (tertiary/aromatic N) is 6. The fourth-order valence-corrected chi connectivity index (χ4v) is 6.84. The second-order valence-corrected chi connectivity index (χ2v) is 11.9. The van der Waals surface area contributed by atoms with E-state index in [1.807, 2.05) is 4.57 Å². The van der Waals surface area contributed by atoms with Gasteiger partial charge in [0, 0.05) is 36.0 Å². The number of rotatable bonds is 3. The van der Waals surface area contributed by atoms with Crippen LogP contribution in [0.3, 0.4) is 0 Å². The molecule has 1 saturated heterocycles. The molecule has 4 heterocycles. The summed E-state index contributed by atoms with van der Waals surface area (Å²) >= 11 is 6.23. The second kappa shape index (κ2) is 8.31. The van der Waals surface area contributed by atoms with E-state index in [1.165, 1.54) is 9.80 Å². The monoisotopic (exact) mass is 586 g/mol. The summed E-state index contributed by atoms with van der Waals surface area (Å²) in [5.74, 6) is -0.142. The summed E-state index contributed by atoms with van der Waals surface area (Å²) in [6.45, 7) is 0.746. The normalized spacial score (nSPS) is 21.9. The number of hydrogen-bond donors (Lipinski definition) is 0. The summed E-state index contributed by atoms with van der Waals surface area (Å²) in [5, 5.41) is 9.12. The molecule has 0 N–H and O–H groups in total. The fourth-order valence-electron chi connectivity index (χ4n) is 6.64. The zero-order valence-electron chi connectivity index (χ0n) is 20.8. The Balaban J connectivity index is 1.14. The van der Waals surface area contributed by atoms with Crippen molar-refractivity contribution in [2.24, 2.45) is 5.41 Å². The lowest BCUT2D eigenvalue weighted by molar-refractivity contribution is -0.200. The number of hydrogen-bond acceptors (Lipinski definition) is 5. The van der Waals surface area contributed by atoms with Crippen LogP contribution in [-0.2, 0) is 19.3 Å². The largest absolute Gasteiger partial charge is 0.433 e. The third-order valence-corrected chi connectivity index (χ3v) is 9.02. The molecule has 0 atom stereocenters. The summed E-state index contributed by atoms with van der Waals surface area (Å²) in [6, 6.07) is 6.53. The minimum absolute atomic E-state index is 0.0229. The molecular formula is C26H22ClF7N6. The Morgan fingerprint density at radius 3 is 2.30 bits per heavy atom. The third kappa shape index (κ3) is 3.91. The Bertz CT molecular complexity index is 1500. The Hall–Kier alpha value is -2.93. The molecule has 0 radical (unpaired) electrons. The van der Waals surface area contributed by atoms with E-state index in [0.717, 1.165) is 6.07 Å². The predicted molar refractivity (Wildman–Crippen MR) is 129 cm³/mol. The van der Waals surface area contributed by atoms with Gasteiger partial charge in [-0.05, 0) is 61.6 Å². The zero-order valence-corrected chi connectivity index (χ0v) is 21.6. The topological polar surface area (TPSA) is 50.1 Å². The van der Waals surface area contributed by atoms with Crippen LogP contribution in [0.4, 0.5) is 36.6 Å². The van der Waals surface area contributed by atoms with Gasteiger partial charge in [-0.2, -0.15) is 26.3 Å². The number of halogens is 8. The highest BCUT2D eigenvalue weighted by molar-refractivity contribution is 6.30. The Morgan fingerprint density at radius 1 is 0.925 bits per heavy atom. The molecule has 3 fully saturated rings. The van der Waals surface area contributed by atoms with Gasteiger partial charge in [-0.15, -0.1) is 10.2 Å². The first kappa shape index (κ1) is 26.0. The lowest BCUT2D eigenvalue weighted by atomic mass is 9.57. The average molecular weight is 587 g/mol. The maximum Gasteiger partial charge on any atom is 0.433 e. The van der Waals surface area contributed by atoms with Crippen LogP contribution < -0.4 is 4.90 Å². The van der Waals surface area contributed by atoms with Crippen molar-refractivity contribution >= 4 is 17.4 Å². The van der Waals surface area contributed by atoms with Crippen LogP contribution in [0.25, 0.3) is 5.69 Å². The second-order valence-electron chi connectivity index (χ2n) is 11.4. The quantitative estimate of drug-likeness (QED) is 0.339. The Kier molecular flexibility index (Phi) is 5.40. The molecule has 2 aromatic heterocycles. The lowest BCUT2D eigenvalue weighted by Gasteiger charge is -2.59. The maximum absolute atomic E-state index is 14.3. The lowest BCUT2D eigenvalue weighted by Crippen LogP contribution is -2.62. The number of aromatic nitrogens is 4. The molecule has 2 saturated carbocycles. The molecule has 212 valence electrons. The molecule has 14 heteroatoms. The summed E-state index contributed by atoms with van der Waals surface area (Å²) in [4.78, 5) is 6.44. The van der Waals surface area contributed by atoms with Gasteiger partial charge in [-0.3, -0.25) is 9.47 Å². The first-order chi connectivity index (χ1) is 18.8. The van der Waals surface area contributed by atoms with Gasteiger partial charge >= 0.3 is 12.4 Å². The number of alkyl halides is 6. The minimum atomic E-state index is -4.67. The third-order valence-electron chi connectivity index (χ3n) is 8.78. The predicted octanol–water partition coefficient (Wildman–Crippen LogP) is 6.27. The smallest absolute Gasteiger partial charge is 0.353 e. The average Bonchev–Trinajstić information content (AvgIpc) is 3.57. The van der Waals surface area contributed by atoms with Gasteiger partial charge in [0.25, 0.3) is 0 Å². The summed E-state index contributed by atoms with van der Waals surface area (Å²) < 4.78 is 97.5. The van der Waals surface area contributed by atoms with Crippen LogP contribution in [-0.4, -0.2) is 49.5 Å². The van der Waals surface area contributed by atoms with Crippen LogP contribution in [0, 0.1) is 11.2 Å². The Labute approximate surface area is 228 Å². The summed E-state index contributed by atoms with van der Waals surface area (Å²) in [5.41, 5.74) is -1.93. The van der Waals surface area contributed by atoms with E-state index in [0.29, 0.717) is 59.9 Å². The summed E-state index contributed by atoms with van der Waals surface area (Å²) in [7, 11) is 0. The first-order valence-corrected chi connectivity index (χ1v) is 13.2. The number of pyridine rings is 1. The van der Waals surface area contributed by atoms with E-state index in [1.54, 1.807) is 18.2 Å². The SMILES string of the molecule is Fc1ccc(C(F)(F)F)nc1N1CC2(CC(c3nnc4n3-c3ccc(Cl)cc3CN(C3(C(F)(F)F)CC3)C4)C2)C1. The van der Waals surface area contributed by atoms with Crippen molar-refractivity contribution in [3.05, 3.63) is 64.1 Å². The molecule has 1 aromatic carbocycles. The van der Waals surface area contributed by atoms with E-state index < -0.39 is 29.4 Å². The first-order valence-electron chi connectivity index (χ1n) is 12.8. The van der Waals surface area contributed by atoms with E-state index >= 15 is 0 Å². The van der Waals surface area contributed by atoms with Crippen LogP contribution >= 0.6 is 11.6 Å². The van der Waals surface area contributed by atoms with Gasteiger partial charge in [-0.1, -0.05) is 11.6 Å². The molecule has 40 heavy (non-hydrogen) atoms. The van der Waals surface area contributed by atoms with Crippen molar-refractivity contribution in [3.8, 4) is 5.69 Å². The molecule has 0 amide bonds. The highest BCUT2D eigenvalue weighted by Crippen LogP contribution is 2.58. The van der Waals surface area contributed by atoms with Crippen molar-refractivity contribution in [2.75, 3.05) is 18.0 Å². The molecule has 1 spiro atoms. The fraction of sp³-hybridized carbons (Fsp3) is 0.500. The van der Waals surface area contributed by atoms with Crippen molar-refractivity contribution in [3.63, 3.8) is 0 Å². The molecule has 2 aliphatic heterocycles. The van der Waals surface area contributed by atoms with Gasteiger partial charge in [0.1, 0.15) is 17.1 Å². The molecular weight excluding hydrogens is 565 g/mol. The Morgan fingerprint density at radius 2 is 1.65 bits per heavy atom. The number of anilines is 1. The molecule has 7 rings (SSSR count). The van der Waals surface area contributed by atoms with E-state index in [-0.39, 0.29) is 43.1 Å². The number of benzene rings is 1. The molecule has 3 aromatic rings. The van der Waals surface area contributed by atoms with Gasteiger partial charge in [0.05, 0.1) is 12.2 Å². The van der Waals surface area contributed by atoms with Crippen molar-refractivity contribution < 1.29 is 30.7 Å². The van der Waals surface area contributed by atoms with Gasteiger partial charge in [0.2, 0.25) is 0 Å². The van der Waals surface area contributed by atoms with Crippen LogP contribution in [0.1, 0.15) is 54.5 Å². The molecule has 4 aliphatic rings. The van der Waals surface area contributed by atoms with Crippen LogP contribution in [0.5, 0.6) is 0 Å². The van der Waals surface area contributed by atoms with E-state index in [9.17, 15) is 30.7 Å².